The number of carbonyl (C=O) groups excluding carboxylic acids is 1. The number of nitrogens with one attached hydrogen (secondary N) is 1. The zero-order valence-corrected chi connectivity index (χ0v) is 15.6. The van der Waals surface area contributed by atoms with Crippen LogP contribution in [0.15, 0.2) is 0 Å². The molecule has 3 rings (SSSR count). The third-order valence-electron chi connectivity index (χ3n) is 5.64. The smallest absolute Gasteiger partial charge is 0.410 e. The number of likely N-dealkylation sites (tertiary alicyclic amines) is 1. The van der Waals surface area contributed by atoms with Gasteiger partial charge in [-0.1, -0.05) is 0 Å². The Morgan fingerprint density at radius 3 is 2.54 bits per heavy atom. The number of amides is 1. The Morgan fingerprint density at radius 2 is 1.83 bits per heavy atom. The molecule has 138 valence electrons. The van der Waals surface area contributed by atoms with Crippen LogP contribution in [-0.2, 0) is 9.47 Å². The van der Waals surface area contributed by atoms with Crippen molar-refractivity contribution < 1.29 is 14.3 Å². The average molecular weight is 338 g/mol. The highest BCUT2D eigenvalue weighted by Crippen LogP contribution is 2.36. The Hall–Kier alpha value is -0.810. The van der Waals surface area contributed by atoms with E-state index >= 15 is 0 Å². The molecule has 3 atom stereocenters. The lowest BCUT2D eigenvalue weighted by molar-refractivity contribution is -0.0115. The van der Waals surface area contributed by atoms with Crippen LogP contribution in [0.4, 0.5) is 4.79 Å². The van der Waals surface area contributed by atoms with Crippen LogP contribution in [0, 0.1) is 5.92 Å². The van der Waals surface area contributed by atoms with Crippen molar-refractivity contribution in [3.8, 4) is 0 Å². The molecule has 0 unspecified atom stereocenters. The van der Waals surface area contributed by atoms with Crippen molar-refractivity contribution >= 4 is 6.09 Å². The van der Waals surface area contributed by atoms with E-state index in [0.717, 1.165) is 51.9 Å². The number of fused-ring (bicyclic) bond motifs is 1. The quantitative estimate of drug-likeness (QED) is 0.839. The van der Waals surface area contributed by atoms with Crippen LogP contribution in [0.2, 0.25) is 0 Å². The second kappa shape index (κ2) is 7.61. The maximum atomic E-state index is 12.5. The van der Waals surface area contributed by atoms with Crippen LogP contribution < -0.4 is 5.32 Å². The highest BCUT2D eigenvalue weighted by Gasteiger charge is 2.40. The molecule has 2 aliphatic heterocycles. The van der Waals surface area contributed by atoms with Crippen LogP contribution in [0.1, 0.15) is 65.7 Å². The fraction of sp³-hybridized carbons (Fsp3) is 0.947. The second-order valence-corrected chi connectivity index (χ2v) is 8.71. The predicted octanol–water partition coefficient (Wildman–Crippen LogP) is 3.32. The van der Waals surface area contributed by atoms with Crippen LogP contribution in [0.3, 0.4) is 0 Å². The van der Waals surface area contributed by atoms with E-state index in [9.17, 15) is 4.79 Å². The number of hydrogen-bond acceptors (Lipinski definition) is 4. The van der Waals surface area contributed by atoms with Gasteiger partial charge in [0.1, 0.15) is 5.60 Å². The molecular formula is C19H34N2O3. The van der Waals surface area contributed by atoms with Crippen LogP contribution >= 0.6 is 0 Å². The summed E-state index contributed by atoms with van der Waals surface area (Å²) in [5.74, 6) is 0.623. The monoisotopic (exact) mass is 338 g/mol. The Balaban J connectivity index is 1.54. The van der Waals surface area contributed by atoms with E-state index in [2.05, 4.69) is 5.32 Å². The Labute approximate surface area is 146 Å². The maximum absolute atomic E-state index is 12.5. The molecule has 0 aromatic rings. The first-order chi connectivity index (χ1) is 11.4. The van der Waals surface area contributed by atoms with Gasteiger partial charge in [-0.05, 0) is 71.6 Å². The van der Waals surface area contributed by atoms with Gasteiger partial charge in [-0.25, -0.2) is 4.79 Å². The molecular weight excluding hydrogens is 304 g/mol. The van der Waals surface area contributed by atoms with Gasteiger partial charge in [-0.15, -0.1) is 0 Å². The summed E-state index contributed by atoms with van der Waals surface area (Å²) in [5, 5.41) is 3.86. The first-order valence-corrected chi connectivity index (χ1v) is 9.76. The van der Waals surface area contributed by atoms with Crippen molar-refractivity contribution in [2.45, 2.75) is 89.4 Å². The van der Waals surface area contributed by atoms with Gasteiger partial charge in [0.05, 0.1) is 0 Å². The summed E-state index contributed by atoms with van der Waals surface area (Å²) < 4.78 is 11.1. The molecule has 5 heteroatoms. The summed E-state index contributed by atoms with van der Waals surface area (Å²) in [6.07, 6.45) is 7.96. The lowest BCUT2D eigenvalue weighted by Gasteiger charge is -2.46. The molecule has 1 N–H and O–H groups in total. The first kappa shape index (κ1) is 18.0. The minimum absolute atomic E-state index is 0.118. The first-order valence-electron chi connectivity index (χ1n) is 9.76. The van der Waals surface area contributed by atoms with Gasteiger partial charge in [-0.2, -0.15) is 0 Å². The molecule has 5 nitrogen and oxygen atoms in total. The third-order valence-corrected chi connectivity index (χ3v) is 5.64. The summed E-state index contributed by atoms with van der Waals surface area (Å²) in [5.41, 5.74) is -0.411. The Bertz CT molecular complexity index is 429. The number of hydrogen-bond donors (Lipinski definition) is 1. The van der Waals surface area contributed by atoms with E-state index in [4.69, 9.17) is 9.47 Å². The second-order valence-electron chi connectivity index (χ2n) is 8.71. The molecule has 1 aliphatic carbocycles. The highest BCUT2D eigenvalue weighted by atomic mass is 16.6. The Morgan fingerprint density at radius 1 is 1.08 bits per heavy atom. The molecule has 0 aromatic heterocycles. The summed E-state index contributed by atoms with van der Waals surface area (Å²) in [7, 11) is 0. The summed E-state index contributed by atoms with van der Waals surface area (Å²) in [6, 6.07) is 1.60. The number of carbonyl (C=O) groups is 1. The van der Waals surface area contributed by atoms with E-state index < -0.39 is 5.60 Å². The molecule has 0 aromatic carbocycles. The number of piperidine rings is 1. The predicted molar refractivity (Wildman–Crippen MR) is 94.1 cm³/mol. The Kier molecular flexibility index (Phi) is 5.70. The van der Waals surface area contributed by atoms with E-state index in [1.165, 1.54) is 12.8 Å². The number of ether oxygens (including phenoxy) is 2. The van der Waals surface area contributed by atoms with Crippen molar-refractivity contribution in [1.82, 2.24) is 10.2 Å². The number of rotatable bonds is 2. The lowest BCUT2D eigenvalue weighted by Crippen LogP contribution is -2.55. The molecule has 3 fully saturated rings. The topological polar surface area (TPSA) is 50.8 Å². The fourth-order valence-corrected chi connectivity index (χ4v) is 4.55. The molecule has 1 saturated carbocycles. The third kappa shape index (κ3) is 4.63. The zero-order valence-electron chi connectivity index (χ0n) is 15.6. The van der Waals surface area contributed by atoms with Gasteiger partial charge < -0.3 is 19.7 Å². The van der Waals surface area contributed by atoms with Gasteiger partial charge in [-0.3, -0.25) is 0 Å². The van der Waals surface area contributed by atoms with Gasteiger partial charge >= 0.3 is 6.09 Å². The van der Waals surface area contributed by atoms with Crippen LogP contribution in [0.25, 0.3) is 0 Å². The van der Waals surface area contributed by atoms with Gasteiger partial charge in [0.15, 0.2) is 0 Å². The van der Waals surface area contributed by atoms with E-state index in [-0.39, 0.29) is 6.09 Å². The average Bonchev–Trinajstić information content (AvgIpc) is 2.53. The van der Waals surface area contributed by atoms with Crippen LogP contribution in [0.5, 0.6) is 0 Å². The van der Waals surface area contributed by atoms with Gasteiger partial charge in [0, 0.05) is 37.9 Å². The van der Waals surface area contributed by atoms with Crippen molar-refractivity contribution in [2.24, 2.45) is 5.92 Å². The van der Waals surface area contributed by atoms with Crippen molar-refractivity contribution in [3.63, 3.8) is 0 Å². The zero-order chi connectivity index (χ0) is 17.2. The lowest BCUT2D eigenvalue weighted by atomic mass is 9.76. The van der Waals surface area contributed by atoms with Crippen molar-refractivity contribution in [1.29, 1.82) is 0 Å². The molecule has 2 saturated heterocycles. The largest absolute Gasteiger partial charge is 0.444 e. The number of nitrogens with zero attached hydrogens (tertiary/aromatic N) is 1. The summed E-state index contributed by atoms with van der Waals surface area (Å²) >= 11 is 0. The minimum atomic E-state index is -0.411. The minimum Gasteiger partial charge on any atom is -0.444 e. The van der Waals surface area contributed by atoms with Crippen LogP contribution in [-0.4, -0.2) is 54.5 Å². The van der Waals surface area contributed by atoms with Crippen molar-refractivity contribution in [3.05, 3.63) is 0 Å². The molecule has 24 heavy (non-hydrogen) atoms. The van der Waals surface area contributed by atoms with Crippen molar-refractivity contribution in [2.75, 3.05) is 19.8 Å². The normalized spacial score (nSPS) is 32.3. The van der Waals surface area contributed by atoms with E-state index in [1.807, 2.05) is 25.7 Å². The molecule has 2 heterocycles. The molecule has 0 radical (unpaired) electrons. The van der Waals surface area contributed by atoms with E-state index in [1.54, 1.807) is 0 Å². The highest BCUT2D eigenvalue weighted by molar-refractivity contribution is 5.68. The summed E-state index contributed by atoms with van der Waals surface area (Å²) in [4.78, 5) is 14.6. The molecule has 1 amide bonds. The maximum Gasteiger partial charge on any atom is 0.410 e. The van der Waals surface area contributed by atoms with Gasteiger partial charge in [0.25, 0.3) is 0 Å². The standard InChI is InChI=1S/C19H34N2O3/c1-19(2,3)24-18(22)21-10-4-5-14-13-16(6-7-17(14)21)20-15-8-11-23-12-9-15/h14-17,20H,4-13H2,1-3H3/t14-,16+,17-/m1/s1. The molecule has 0 spiro atoms. The molecule has 0 bridgehead atoms. The van der Waals surface area contributed by atoms with Gasteiger partial charge in [0.2, 0.25) is 0 Å². The molecule has 3 aliphatic rings. The fourth-order valence-electron chi connectivity index (χ4n) is 4.55. The SMILES string of the molecule is CC(C)(C)OC(=O)N1CCC[C@@H]2C[C@@H](NC3CCOCC3)CC[C@H]21. The van der Waals surface area contributed by atoms with E-state index in [0.29, 0.717) is 24.0 Å². The summed E-state index contributed by atoms with van der Waals surface area (Å²) in [6.45, 7) is 8.48.